The maximum absolute atomic E-state index is 11.7. The maximum Gasteiger partial charge on any atom is 0.411 e. The third-order valence-electron chi connectivity index (χ3n) is 3.37. The first-order chi connectivity index (χ1) is 10.8. The normalized spacial score (nSPS) is 11.1. The van der Waals surface area contributed by atoms with Gasteiger partial charge in [0.1, 0.15) is 11.8 Å². The number of hydrogen-bond acceptors (Lipinski definition) is 5. The summed E-state index contributed by atoms with van der Waals surface area (Å²) in [5, 5.41) is 2.13. The number of carbonyl (C=O) groups excluding carboxylic acids is 1. The van der Waals surface area contributed by atoms with E-state index in [4.69, 9.17) is 16.3 Å². The molecular weight excluding hydrogens is 340 g/mol. The summed E-state index contributed by atoms with van der Waals surface area (Å²) in [5.41, 5.74) is 2.62. The van der Waals surface area contributed by atoms with Gasteiger partial charge < -0.3 is 9.64 Å². The van der Waals surface area contributed by atoms with Gasteiger partial charge in [-0.25, -0.2) is 13.2 Å². The van der Waals surface area contributed by atoms with Crippen molar-refractivity contribution in [3.8, 4) is 0 Å². The van der Waals surface area contributed by atoms with E-state index in [2.05, 4.69) is 24.1 Å². The lowest BCUT2D eigenvalue weighted by molar-refractivity contribution is 0.168. The molecule has 1 amide bonds. The molecule has 130 valence electrons. The predicted molar refractivity (Wildman–Crippen MR) is 94.2 cm³/mol. The third kappa shape index (κ3) is 6.27. The Bertz CT molecular complexity index is 630. The van der Waals surface area contributed by atoms with Crippen molar-refractivity contribution >= 4 is 38.9 Å². The molecule has 0 radical (unpaired) electrons. The van der Waals surface area contributed by atoms with Gasteiger partial charge in [0.25, 0.3) is 0 Å². The minimum absolute atomic E-state index is 0.225. The molecule has 23 heavy (non-hydrogen) atoms. The van der Waals surface area contributed by atoms with Gasteiger partial charge >= 0.3 is 6.09 Å². The zero-order chi connectivity index (χ0) is 17.5. The molecular formula is C15H23ClN2O4S. The van der Waals surface area contributed by atoms with E-state index in [1.54, 1.807) is 6.07 Å². The maximum atomic E-state index is 11.7. The van der Waals surface area contributed by atoms with E-state index < -0.39 is 21.1 Å². The molecule has 1 aromatic carbocycles. The summed E-state index contributed by atoms with van der Waals surface area (Å²) >= 11 is 5.28. The van der Waals surface area contributed by atoms with E-state index >= 15 is 0 Å². The highest BCUT2D eigenvalue weighted by atomic mass is 35.5. The Morgan fingerprint density at radius 1 is 1.30 bits per heavy atom. The Morgan fingerprint density at radius 2 is 1.96 bits per heavy atom. The van der Waals surface area contributed by atoms with Crippen LogP contribution in [-0.4, -0.2) is 45.2 Å². The summed E-state index contributed by atoms with van der Waals surface area (Å²) < 4.78 is 27.3. The molecule has 0 aliphatic rings. The van der Waals surface area contributed by atoms with Crippen LogP contribution in [0.1, 0.15) is 19.4 Å². The van der Waals surface area contributed by atoms with E-state index in [0.29, 0.717) is 5.69 Å². The smallest absolute Gasteiger partial charge is 0.411 e. The summed E-state index contributed by atoms with van der Waals surface area (Å²) in [5.74, 6) is -0.288. The van der Waals surface area contributed by atoms with E-state index in [0.717, 1.165) is 24.3 Å². The van der Waals surface area contributed by atoms with E-state index in [1.165, 1.54) is 0 Å². The van der Waals surface area contributed by atoms with Gasteiger partial charge in [-0.05, 0) is 44.5 Å². The van der Waals surface area contributed by atoms with Crippen molar-refractivity contribution in [1.82, 2.24) is 0 Å². The first kappa shape index (κ1) is 19.6. The van der Waals surface area contributed by atoms with Gasteiger partial charge in [-0.15, -0.1) is 11.6 Å². The number of carbonyl (C=O) groups is 1. The van der Waals surface area contributed by atoms with E-state index in [9.17, 15) is 13.2 Å². The molecule has 0 aromatic heterocycles. The molecule has 0 saturated carbocycles. The standard InChI is InChI=1S/C15H23ClN2O4S/c1-4-18(5-2)13-6-7-14(12(3)10-13)17-15(19)22-8-9-23(20,21)11-16/h6-7,10H,4-5,8-9,11H2,1-3H3,(H,17,19). The van der Waals surface area contributed by atoms with Crippen molar-refractivity contribution in [2.24, 2.45) is 0 Å². The number of benzene rings is 1. The number of nitrogens with one attached hydrogen (secondary N) is 1. The zero-order valence-corrected chi connectivity index (χ0v) is 15.2. The van der Waals surface area contributed by atoms with Gasteiger partial charge in [-0.3, -0.25) is 5.32 Å². The SMILES string of the molecule is CCN(CC)c1ccc(NC(=O)OCCS(=O)(=O)CCl)c(C)c1. The molecule has 0 saturated heterocycles. The molecule has 6 nitrogen and oxygen atoms in total. The predicted octanol–water partition coefficient (Wildman–Crippen LogP) is 3.00. The van der Waals surface area contributed by atoms with Crippen molar-refractivity contribution < 1.29 is 17.9 Å². The number of ether oxygens (including phenoxy) is 1. The average molecular weight is 363 g/mol. The second-order valence-corrected chi connectivity index (χ2v) is 7.76. The number of anilines is 2. The third-order valence-corrected chi connectivity index (χ3v) is 5.49. The van der Waals surface area contributed by atoms with Crippen LogP contribution in [0.25, 0.3) is 0 Å². The van der Waals surface area contributed by atoms with Crippen molar-refractivity contribution in [3.05, 3.63) is 23.8 Å². The monoisotopic (exact) mass is 362 g/mol. The second kappa shape index (κ2) is 8.98. The molecule has 0 fully saturated rings. The molecule has 0 aliphatic heterocycles. The van der Waals surface area contributed by atoms with Crippen molar-refractivity contribution in [1.29, 1.82) is 0 Å². The number of sulfone groups is 1. The molecule has 0 heterocycles. The molecule has 1 aromatic rings. The topological polar surface area (TPSA) is 75.7 Å². The van der Waals surface area contributed by atoms with Gasteiger partial charge in [0, 0.05) is 24.5 Å². The number of aryl methyl sites for hydroxylation is 1. The van der Waals surface area contributed by atoms with Crippen LogP contribution in [0.2, 0.25) is 0 Å². The Hall–Kier alpha value is -1.47. The van der Waals surface area contributed by atoms with Crippen LogP contribution in [-0.2, 0) is 14.6 Å². The number of hydrogen-bond donors (Lipinski definition) is 1. The number of halogens is 1. The molecule has 0 aliphatic carbocycles. The Kier molecular flexibility index (Phi) is 7.64. The fourth-order valence-electron chi connectivity index (χ4n) is 2.04. The second-order valence-electron chi connectivity index (χ2n) is 4.99. The molecule has 0 unspecified atom stereocenters. The van der Waals surface area contributed by atoms with Crippen LogP contribution in [0.3, 0.4) is 0 Å². The van der Waals surface area contributed by atoms with E-state index in [1.807, 2.05) is 19.1 Å². The number of amides is 1. The lowest BCUT2D eigenvalue weighted by atomic mass is 10.1. The molecule has 8 heteroatoms. The fourth-order valence-corrected chi connectivity index (χ4v) is 2.81. The van der Waals surface area contributed by atoms with Crippen molar-refractivity contribution in [3.63, 3.8) is 0 Å². The average Bonchev–Trinajstić information content (AvgIpc) is 2.51. The summed E-state index contributed by atoms with van der Waals surface area (Å²) in [7, 11) is -3.36. The van der Waals surface area contributed by atoms with Crippen LogP contribution in [0.15, 0.2) is 18.2 Å². The lowest BCUT2D eigenvalue weighted by Crippen LogP contribution is -2.22. The largest absolute Gasteiger partial charge is 0.448 e. The Labute approximate surface area is 142 Å². The van der Waals surface area contributed by atoms with Crippen molar-refractivity contribution in [2.75, 3.05) is 40.9 Å². The van der Waals surface area contributed by atoms with Gasteiger partial charge in [-0.1, -0.05) is 0 Å². The molecule has 0 atom stereocenters. The highest BCUT2D eigenvalue weighted by Crippen LogP contribution is 2.22. The summed E-state index contributed by atoms with van der Waals surface area (Å²) in [4.78, 5) is 13.9. The van der Waals surface area contributed by atoms with E-state index in [-0.39, 0.29) is 12.4 Å². The van der Waals surface area contributed by atoms with Crippen LogP contribution < -0.4 is 10.2 Å². The summed E-state index contributed by atoms with van der Waals surface area (Å²) in [6, 6.07) is 5.72. The van der Waals surface area contributed by atoms with Crippen LogP contribution in [0.5, 0.6) is 0 Å². The minimum atomic E-state index is -3.36. The van der Waals surface area contributed by atoms with Gasteiger partial charge in [-0.2, -0.15) is 0 Å². The Morgan fingerprint density at radius 3 is 2.48 bits per heavy atom. The molecule has 1 N–H and O–H groups in total. The molecule has 1 rings (SSSR count). The first-order valence-electron chi connectivity index (χ1n) is 7.38. The van der Waals surface area contributed by atoms with Crippen molar-refractivity contribution in [2.45, 2.75) is 20.8 Å². The zero-order valence-electron chi connectivity index (χ0n) is 13.6. The summed E-state index contributed by atoms with van der Waals surface area (Å²) in [6.07, 6.45) is -0.687. The molecule has 0 bridgehead atoms. The Balaban J connectivity index is 2.62. The fraction of sp³-hybridized carbons (Fsp3) is 0.533. The van der Waals surface area contributed by atoms with Gasteiger partial charge in [0.05, 0.1) is 5.75 Å². The summed E-state index contributed by atoms with van der Waals surface area (Å²) in [6.45, 7) is 7.63. The highest BCUT2D eigenvalue weighted by molar-refractivity contribution is 7.92. The number of alkyl halides is 1. The highest BCUT2D eigenvalue weighted by Gasteiger charge is 2.12. The van der Waals surface area contributed by atoms with Crippen LogP contribution >= 0.6 is 11.6 Å². The quantitative estimate of drug-likeness (QED) is 0.719. The lowest BCUT2D eigenvalue weighted by Gasteiger charge is -2.22. The van der Waals surface area contributed by atoms with Crippen LogP contribution in [0, 0.1) is 6.92 Å². The van der Waals surface area contributed by atoms with Gasteiger partial charge in [0.2, 0.25) is 0 Å². The number of nitrogens with zero attached hydrogens (tertiary/aromatic N) is 1. The molecule has 0 spiro atoms. The minimum Gasteiger partial charge on any atom is -0.448 e. The van der Waals surface area contributed by atoms with Gasteiger partial charge in [0.15, 0.2) is 9.84 Å². The number of rotatable bonds is 8. The van der Waals surface area contributed by atoms with Crippen LogP contribution in [0.4, 0.5) is 16.2 Å². The first-order valence-corrected chi connectivity index (χ1v) is 9.74.